The number of piperazine rings is 1. The lowest BCUT2D eigenvalue weighted by Crippen LogP contribution is -2.48. The summed E-state index contributed by atoms with van der Waals surface area (Å²) >= 11 is 0. The summed E-state index contributed by atoms with van der Waals surface area (Å²) in [5.41, 5.74) is 0.480. The summed E-state index contributed by atoms with van der Waals surface area (Å²) < 4.78 is 43.1. The number of carbonyl (C=O) groups is 1. The maximum Gasteiger partial charge on any atom is 0.316 e. The number of carbonyl (C=O) groups excluding carboxylic acids is 1. The highest BCUT2D eigenvalue weighted by Crippen LogP contribution is 2.39. The molecule has 5 nitrogen and oxygen atoms in total. The molecule has 1 fully saturated rings. The molecule has 1 amide bonds. The summed E-state index contributed by atoms with van der Waals surface area (Å²) in [6.45, 7) is 5.04. The van der Waals surface area contributed by atoms with E-state index in [0.29, 0.717) is 30.1 Å². The van der Waals surface area contributed by atoms with E-state index in [9.17, 15) is 17.8 Å². The molecule has 0 aliphatic carbocycles. The van der Waals surface area contributed by atoms with Crippen molar-refractivity contribution in [3.63, 3.8) is 0 Å². The van der Waals surface area contributed by atoms with Gasteiger partial charge in [-0.1, -0.05) is 0 Å². The number of fused-ring (bicyclic) bond motifs is 1. The third-order valence-corrected chi connectivity index (χ3v) is 4.90. The van der Waals surface area contributed by atoms with Crippen molar-refractivity contribution in [2.24, 2.45) is 0 Å². The van der Waals surface area contributed by atoms with Gasteiger partial charge in [0.1, 0.15) is 22.2 Å². The van der Waals surface area contributed by atoms with E-state index < -0.39 is 22.2 Å². The minimum atomic E-state index is -2.96. The standard InChI is InChI=1S/C16H18F2N2O3S/c1-16(2)8-12(20-6-5-19-9-14(20)21)11-7-10(24(22)15(17)18)3-4-13(11)23-16/h3-4,7-8,15,19H,5-6,9H2,1-2H3. The number of nitrogens with one attached hydrogen (secondary N) is 1. The molecule has 1 atom stereocenters. The molecule has 1 saturated heterocycles. The van der Waals surface area contributed by atoms with Gasteiger partial charge in [0.15, 0.2) is 0 Å². The minimum Gasteiger partial charge on any atom is -0.483 e. The van der Waals surface area contributed by atoms with Crippen molar-refractivity contribution in [1.82, 2.24) is 10.2 Å². The topological polar surface area (TPSA) is 58.6 Å². The number of ether oxygens (including phenoxy) is 1. The Labute approximate surface area is 141 Å². The SMILES string of the molecule is CC1(C)C=C(N2CCNCC2=O)c2cc(S(=O)C(F)F)ccc2O1. The predicted octanol–water partition coefficient (Wildman–Crippen LogP) is 1.96. The Hall–Kier alpha value is -1.80. The normalized spacial score (nSPS) is 21.1. The quantitative estimate of drug-likeness (QED) is 0.900. The average molecular weight is 356 g/mol. The van der Waals surface area contributed by atoms with Gasteiger partial charge in [-0.05, 0) is 38.1 Å². The molecule has 130 valence electrons. The molecule has 0 radical (unpaired) electrons. The van der Waals surface area contributed by atoms with Gasteiger partial charge in [-0.25, -0.2) is 4.21 Å². The summed E-state index contributed by atoms with van der Waals surface area (Å²) in [4.78, 5) is 13.9. The van der Waals surface area contributed by atoms with Crippen molar-refractivity contribution < 1.29 is 22.5 Å². The molecule has 8 heteroatoms. The molecule has 3 rings (SSSR count). The highest BCUT2D eigenvalue weighted by molar-refractivity contribution is 7.85. The number of nitrogens with zero attached hydrogens (tertiary/aromatic N) is 1. The summed E-state index contributed by atoms with van der Waals surface area (Å²) in [6, 6.07) is 4.33. The van der Waals surface area contributed by atoms with E-state index in [0.717, 1.165) is 0 Å². The average Bonchev–Trinajstić information content (AvgIpc) is 2.52. The molecule has 1 aromatic rings. The van der Waals surface area contributed by atoms with Crippen LogP contribution in [0.1, 0.15) is 19.4 Å². The summed E-state index contributed by atoms with van der Waals surface area (Å²) in [5.74, 6) is -2.58. The van der Waals surface area contributed by atoms with Gasteiger partial charge in [0.05, 0.1) is 12.2 Å². The van der Waals surface area contributed by atoms with Crippen LogP contribution in [0.4, 0.5) is 8.78 Å². The lowest BCUT2D eigenvalue weighted by molar-refractivity contribution is -0.128. The van der Waals surface area contributed by atoms with Crippen LogP contribution < -0.4 is 10.1 Å². The predicted molar refractivity (Wildman–Crippen MR) is 86.1 cm³/mol. The number of rotatable bonds is 3. The van der Waals surface area contributed by atoms with Gasteiger partial charge in [0.2, 0.25) is 5.91 Å². The fraction of sp³-hybridized carbons (Fsp3) is 0.438. The first-order valence-electron chi connectivity index (χ1n) is 7.54. The van der Waals surface area contributed by atoms with Crippen LogP contribution in [-0.4, -0.2) is 46.0 Å². The van der Waals surface area contributed by atoms with Crippen LogP contribution in [0, 0.1) is 0 Å². The first-order valence-corrected chi connectivity index (χ1v) is 8.76. The molecule has 0 aromatic heterocycles. The lowest BCUT2D eigenvalue weighted by Gasteiger charge is -2.37. The molecule has 1 aromatic carbocycles. The molecule has 2 aliphatic rings. The van der Waals surface area contributed by atoms with Crippen LogP contribution >= 0.6 is 0 Å². The minimum absolute atomic E-state index is 0.0144. The highest BCUT2D eigenvalue weighted by atomic mass is 32.2. The first-order chi connectivity index (χ1) is 11.3. The molecule has 2 aliphatic heterocycles. The van der Waals surface area contributed by atoms with Gasteiger partial charge in [0, 0.05) is 23.5 Å². The smallest absolute Gasteiger partial charge is 0.316 e. The summed E-state index contributed by atoms with van der Waals surface area (Å²) in [7, 11) is -2.41. The molecule has 24 heavy (non-hydrogen) atoms. The van der Waals surface area contributed by atoms with Crippen molar-refractivity contribution >= 4 is 22.4 Å². The monoisotopic (exact) mass is 356 g/mol. The lowest BCUT2D eigenvalue weighted by atomic mass is 9.98. The third kappa shape index (κ3) is 3.21. The van der Waals surface area contributed by atoms with Crippen LogP contribution in [-0.2, 0) is 15.6 Å². The van der Waals surface area contributed by atoms with E-state index in [1.165, 1.54) is 18.2 Å². The maximum absolute atomic E-state index is 12.8. The third-order valence-electron chi connectivity index (χ3n) is 3.86. The van der Waals surface area contributed by atoms with Gasteiger partial charge in [-0.15, -0.1) is 0 Å². The largest absolute Gasteiger partial charge is 0.483 e. The summed E-state index contributed by atoms with van der Waals surface area (Å²) in [5, 5.41) is 3.00. The van der Waals surface area contributed by atoms with E-state index in [1.807, 2.05) is 13.8 Å². The van der Waals surface area contributed by atoms with Crippen molar-refractivity contribution in [1.29, 1.82) is 0 Å². The number of amides is 1. The molecular weight excluding hydrogens is 338 g/mol. The second-order valence-corrected chi connectivity index (χ2v) is 7.60. The Morgan fingerprint density at radius 2 is 2.12 bits per heavy atom. The maximum atomic E-state index is 12.8. The zero-order valence-corrected chi connectivity index (χ0v) is 14.2. The Morgan fingerprint density at radius 1 is 1.38 bits per heavy atom. The van der Waals surface area contributed by atoms with E-state index in [1.54, 1.807) is 11.0 Å². The second-order valence-electron chi connectivity index (χ2n) is 6.17. The molecule has 1 unspecified atom stereocenters. The van der Waals surface area contributed by atoms with Gasteiger partial charge in [-0.3, -0.25) is 4.79 Å². The van der Waals surface area contributed by atoms with Crippen LogP contribution in [0.3, 0.4) is 0 Å². The van der Waals surface area contributed by atoms with Crippen molar-refractivity contribution in [3.05, 3.63) is 29.8 Å². The van der Waals surface area contributed by atoms with Gasteiger partial charge < -0.3 is 15.0 Å². The van der Waals surface area contributed by atoms with Crippen LogP contribution in [0.15, 0.2) is 29.2 Å². The Bertz CT molecular complexity index is 734. The van der Waals surface area contributed by atoms with Gasteiger partial charge >= 0.3 is 5.76 Å². The van der Waals surface area contributed by atoms with E-state index in [4.69, 9.17) is 4.74 Å². The van der Waals surface area contributed by atoms with E-state index in [2.05, 4.69) is 5.32 Å². The zero-order chi connectivity index (χ0) is 17.5. The first kappa shape index (κ1) is 17.0. The molecule has 0 spiro atoms. The van der Waals surface area contributed by atoms with Crippen molar-refractivity contribution in [2.45, 2.75) is 30.1 Å². The molecule has 0 saturated carbocycles. The van der Waals surface area contributed by atoms with E-state index in [-0.39, 0.29) is 17.3 Å². The number of benzene rings is 1. The zero-order valence-electron chi connectivity index (χ0n) is 13.3. The van der Waals surface area contributed by atoms with Crippen LogP contribution in [0.5, 0.6) is 5.75 Å². The Balaban J connectivity index is 2.08. The molecule has 1 N–H and O–H groups in total. The van der Waals surface area contributed by atoms with Gasteiger partial charge in [0.25, 0.3) is 0 Å². The summed E-state index contributed by atoms with van der Waals surface area (Å²) in [6.07, 6.45) is 1.80. The van der Waals surface area contributed by atoms with Crippen LogP contribution in [0.2, 0.25) is 0 Å². The fourth-order valence-electron chi connectivity index (χ4n) is 2.83. The fourth-order valence-corrected chi connectivity index (χ4v) is 3.47. The number of hydrogen-bond donors (Lipinski definition) is 1. The molecular formula is C16H18F2N2O3S. The van der Waals surface area contributed by atoms with E-state index >= 15 is 0 Å². The number of hydrogen-bond acceptors (Lipinski definition) is 4. The highest BCUT2D eigenvalue weighted by Gasteiger charge is 2.33. The Morgan fingerprint density at radius 3 is 2.79 bits per heavy atom. The molecule has 0 bridgehead atoms. The number of halogens is 2. The molecule has 2 heterocycles. The Kier molecular flexibility index (Phi) is 4.44. The van der Waals surface area contributed by atoms with Crippen molar-refractivity contribution in [2.75, 3.05) is 19.6 Å². The second kappa shape index (κ2) is 6.25. The van der Waals surface area contributed by atoms with Crippen LogP contribution in [0.25, 0.3) is 5.70 Å². The van der Waals surface area contributed by atoms with Gasteiger partial charge in [-0.2, -0.15) is 8.78 Å². The number of alkyl halides is 2. The van der Waals surface area contributed by atoms with Crippen molar-refractivity contribution in [3.8, 4) is 5.75 Å².